The Hall–Kier alpha value is -2.16. The third kappa shape index (κ3) is 5.71. The Morgan fingerprint density at radius 1 is 1.10 bits per heavy atom. The monoisotopic (exact) mass is 435 g/mol. The minimum absolute atomic E-state index is 0.0309. The highest BCUT2D eigenvalue weighted by Gasteiger charge is 2.30. The number of nitrogens with one attached hydrogen (secondary N) is 2. The first kappa shape index (κ1) is 22.5. The predicted octanol–water partition coefficient (Wildman–Crippen LogP) is 2.86. The molecule has 0 radical (unpaired) electrons. The summed E-state index contributed by atoms with van der Waals surface area (Å²) in [4.78, 5) is 45.9. The fraction of sp³-hybridized carbons (Fsp3) is 0.714. The number of likely N-dealkylation sites (tertiary alicyclic amines) is 1. The van der Waals surface area contributed by atoms with Gasteiger partial charge in [-0.1, -0.05) is 31.1 Å². The van der Waals surface area contributed by atoms with Crippen LogP contribution in [-0.4, -0.2) is 60.3 Å². The van der Waals surface area contributed by atoms with Crippen LogP contribution in [0.25, 0.3) is 0 Å². The number of anilines is 2. The molecule has 1 aromatic rings. The van der Waals surface area contributed by atoms with E-state index in [-0.39, 0.29) is 23.6 Å². The number of aromatic nitrogens is 1. The topological polar surface area (TPSA) is 94.6 Å². The van der Waals surface area contributed by atoms with Crippen LogP contribution < -0.4 is 15.5 Å². The van der Waals surface area contributed by atoms with Crippen molar-refractivity contribution in [1.82, 2.24) is 15.2 Å². The summed E-state index contributed by atoms with van der Waals surface area (Å²) in [6.07, 6.45) is 6.87. The van der Waals surface area contributed by atoms with Gasteiger partial charge in [-0.3, -0.25) is 14.4 Å². The molecule has 0 bridgehead atoms. The Kier molecular flexibility index (Phi) is 8.07. The zero-order valence-electron chi connectivity index (χ0n) is 18.0. The average molecular weight is 436 g/mol. The molecule has 0 unspecified atom stereocenters. The Morgan fingerprint density at radius 2 is 1.80 bits per heavy atom. The molecular weight excluding hydrogens is 402 g/mol. The van der Waals surface area contributed by atoms with Crippen LogP contribution in [-0.2, 0) is 9.59 Å². The number of piperidine rings is 1. The van der Waals surface area contributed by atoms with Crippen molar-refractivity contribution in [2.24, 2.45) is 5.92 Å². The first-order valence-corrected chi connectivity index (χ1v) is 11.9. The molecule has 0 aromatic carbocycles. The van der Waals surface area contributed by atoms with Gasteiger partial charge in [-0.05, 0) is 32.1 Å². The van der Waals surface area contributed by atoms with Gasteiger partial charge in [0.15, 0.2) is 10.9 Å². The zero-order chi connectivity index (χ0) is 21.5. The lowest BCUT2D eigenvalue weighted by atomic mass is 9.96. The molecule has 2 N–H and O–H groups in total. The summed E-state index contributed by atoms with van der Waals surface area (Å²) in [5, 5.41) is 6.51. The predicted molar refractivity (Wildman–Crippen MR) is 119 cm³/mol. The van der Waals surface area contributed by atoms with Crippen LogP contribution in [0.5, 0.6) is 0 Å². The standard InChI is InChI=1S/C21H33N5O3S/c1-3-4-5-10-22-19(28)16-8-13-26(14-9-16)21-24-18(23-15(2)27)17(30-21)20(29)25-11-6-7-12-25/h16H,3-14H2,1-2H3,(H,22,28)(H,23,27). The molecule has 30 heavy (non-hydrogen) atoms. The maximum absolute atomic E-state index is 12.9. The van der Waals surface area contributed by atoms with E-state index in [2.05, 4.69) is 27.4 Å². The number of rotatable bonds is 8. The van der Waals surface area contributed by atoms with Crippen molar-refractivity contribution < 1.29 is 14.4 Å². The lowest BCUT2D eigenvalue weighted by Crippen LogP contribution is -2.40. The van der Waals surface area contributed by atoms with Crippen LogP contribution >= 0.6 is 11.3 Å². The third-order valence-corrected chi connectivity index (χ3v) is 6.82. The van der Waals surface area contributed by atoms with Gasteiger partial charge in [-0.25, -0.2) is 4.98 Å². The van der Waals surface area contributed by atoms with Crippen LogP contribution in [0.1, 0.15) is 68.5 Å². The first-order valence-electron chi connectivity index (χ1n) is 11.1. The maximum atomic E-state index is 12.9. The molecule has 0 saturated carbocycles. The Balaban J connectivity index is 1.61. The quantitative estimate of drug-likeness (QED) is 0.612. The van der Waals surface area contributed by atoms with Crippen molar-refractivity contribution >= 4 is 40.0 Å². The molecule has 2 saturated heterocycles. The SMILES string of the molecule is CCCCCNC(=O)C1CCN(c2nc(NC(C)=O)c(C(=O)N3CCCC3)s2)CC1. The van der Waals surface area contributed by atoms with Crippen molar-refractivity contribution in [3.05, 3.63) is 4.88 Å². The summed E-state index contributed by atoms with van der Waals surface area (Å²) < 4.78 is 0. The number of thiazole rings is 1. The molecule has 2 aliphatic rings. The van der Waals surface area contributed by atoms with Gasteiger partial charge in [0, 0.05) is 45.6 Å². The van der Waals surface area contributed by atoms with E-state index >= 15 is 0 Å². The van der Waals surface area contributed by atoms with Gasteiger partial charge in [-0.15, -0.1) is 0 Å². The van der Waals surface area contributed by atoms with E-state index in [1.807, 2.05) is 4.90 Å². The normalized spacial score (nSPS) is 17.3. The van der Waals surface area contributed by atoms with Crippen molar-refractivity contribution in [2.75, 3.05) is 42.9 Å². The van der Waals surface area contributed by atoms with E-state index < -0.39 is 0 Å². The Labute approximate surface area is 182 Å². The second-order valence-corrected chi connectivity index (χ2v) is 9.09. The van der Waals surface area contributed by atoms with E-state index in [0.29, 0.717) is 10.7 Å². The zero-order valence-corrected chi connectivity index (χ0v) is 18.9. The van der Waals surface area contributed by atoms with Crippen molar-refractivity contribution in [2.45, 2.75) is 58.8 Å². The van der Waals surface area contributed by atoms with Crippen molar-refractivity contribution in [3.63, 3.8) is 0 Å². The molecule has 3 amide bonds. The Morgan fingerprint density at radius 3 is 2.43 bits per heavy atom. The van der Waals surface area contributed by atoms with Crippen LogP contribution in [0.2, 0.25) is 0 Å². The minimum atomic E-state index is -0.235. The summed E-state index contributed by atoms with van der Waals surface area (Å²) in [7, 11) is 0. The van der Waals surface area contributed by atoms with E-state index in [4.69, 9.17) is 0 Å². The van der Waals surface area contributed by atoms with Gasteiger partial charge in [-0.2, -0.15) is 0 Å². The van der Waals surface area contributed by atoms with E-state index in [9.17, 15) is 14.4 Å². The number of hydrogen-bond donors (Lipinski definition) is 2. The summed E-state index contributed by atoms with van der Waals surface area (Å²) >= 11 is 1.34. The highest BCUT2D eigenvalue weighted by Crippen LogP contribution is 2.34. The Bertz CT molecular complexity index is 752. The van der Waals surface area contributed by atoms with Gasteiger partial charge in [0.1, 0.15) is 4.88 Å². The van der Waals surface area contributed by atoms with Crippen LogP contribution in [0.4, 0.5) is 10.9 Å². The lowest BCUT2D eigenvalue weighted by molar-refractivity contribution is -0.125. The first-order chi connectivity index (χ1) is 14.5. The average Bonchev–Trinajstić information content (AvgIpc) is 3.41. The molecule has 0 aliphatic carbocycles. The third-order valence-electron chi connectivity index (χ3n) is 5.71. The van der Waals surface area contributed by atoms with Crippen molar-refractivity contribution in [3.8, 4) is 0 Å². The summed E-state index contributed by atoms with van der Waals surface area (Å²) in [5.41, 5.74) is 0. The van der Waals surface area contributed by atoms with Gasteiger partial charge in [0.2, 0.25) is 11.8 Å². The highest BCUT2D eigenvalue weighted by atomic mass is 32.1. The highest BCUT2D eigenvalue weighted by molar-refractivity contribution is 7.18. The van der Waals surface area contributed by atoms with E-state index in [1.165, 1.54) is 18.3 Å². The largest absolute Gasteiger partial charge is 0.356 e. The number of hydrogen-bond acceptors (Lipinski definition) is 6. The molecular formula is C21H33N5O3S. The van der Waals surface area contributed by atoms with E-state index in [0.717, 1.165) is 82.8 Å². The summed E-state index contributed by atoms with van der Waals surface area (Å²) in [6.45, 7) is 7.27. The second-order valence-electron chi connectivity index (χ2n) is 8.11. The number of carbonyl (C=O) groups is 3. The fourth-order valence-electron chi connectivity index (χ4n) is 3.97. The van der Waals surface area contributed by atoms with Gasteiger partial charge in [0.05, 0.1) is 0 Å². The molecule has 0 spiro atoms. The smallest absolute Gasteiger partial charge is 0.267 e. The van der Waals surface area contributed by atoms with Crippen LogP contribution in [0.3, 0.4) is 0 Å². The number of nitrogens with zero attached hydrogens (tertiary/aromatic N) is 3. The molecule has 2 aliphatic heterocycles. The molecule has 3 heterocycles. The summed E-state index contributed by atoms with van der Waals surface area (Å²) in [5.74, 6) is 0.245. The molecule has 3 rings (SSSR count). The fourth-order valence-corrected chi connectivity index (χ4v) is 5.01. The molecule has 8 nitrogen and oxygen atoms in total. The second kappa shape index (κ2) is 10.7. The minimum Gasteiger partial charge on any atom is -0.356 e. The molecule has 0 atom stereocenters. The number of unbranched alkanes of at least 4 members (excludes halogenated alkanes) is 2. The molecule has 166 valence electrons. The lowest BCUT2D eigenvalue weighted by Gasteiger charge is -2.31. The maximum Gasteiger partial charge on any atom is 0.267 e. The number of amides is 3. The van der Waals surface area contributed by atoms with Gasteiger partial charge >= 0.3 is 0 Å². The van der Waals surface area contributed by atoms with Gasteiger partial charge in [0.25, 0.3) is 5.91 Å². The molecule has 9 heteroatoms. The number of carbonyl (C=O) groups excluding carboxylic acids is 3. The molecule has 1 aromatic heterocycles. The van der Waals surface area contributed by atoms with Crippen LogP contribution in [0.15, 0.2) is 0 Å². The van der Waals surface area contributed by atoms with Crippen molar-refractivity contribution in [1.29, 1.82) is 0 Å². The van der Waals surface area contributed by atoms with Crippen LogP contribution in [0, 0.1) is 5.92 Å². The van der Waals surface area contributed by atoms with Gasteiger partial charge < -0.3 is 20.4 Å². The van der Waals surface area contributed by atoms with E-state index in [1.54, 1.807) is 0 Å². The molecule has 2 fully saturated rings. The summed E-state index contributed by atoms with van der Waals surface area (Å²) in [6, 6.07) is 0.